The van der Waals surface area contributed by atoms with Gasteiger partial charge in [-0.15, -0.1) is 0 Å². The number of aryl methyl sites for hydroxylation is 2. The third-order valence-electron chi connectivity index (χ3n) is 3.96. The van der Waals surface area contributed by atoms with E-state index in [9.17, 15) is 0 Å². The molecule has 1 N–H and O–H groups in total. The van der Waals surface area contributed by atoms with Crippen molar-refractivity contribution in [1.29, 1.82) is 0 Å². The summed E-state index contributed by atoms with van der Waals surface area (Å²) in [4.78, 5) is 0. The van der Waals surface area contributed by atoms with E-state index in [-0.39, 0.29) is 0 Å². The topological polar surface area (TPSA) is 55.2 Å². The molecule has 3 rings (SSSR count). The lowest BCUT2D eigenvalue weighted by Crippen LogP contribution is -2.04. The minimum atomic E-state index is 0.485. The second-order valence-corrected chi connectivity index (χ2v) is 7.15. The van der Waals surface area contributed by atoms with Gasteiger partial charge < -0.3 is 4.74 Å². The highest BCUT2D eigenvalue weighted by Gasteiger charge is 2.05. The molecule has 0 saturated carbocycles. The molecule has 1 aromatic heterocycles. The fourth-order valence-corrected chi connectivity index (χ4v) is 2.78. The van der Waals surface area contributed by atoms with E-state index in [0.29, 0.717) is 17.3 Å². The standard InChI is InChI=1S/C21H24N4OS/c1-16(2)15-26-19-10-6-9-18(13-19)14-22-25-20(23-24-21(25)27)12-11-17-7-4-3-5-8-17/h3-10,13-14,16H,11-12,15H2,1-2H3,(H,24,27)/b22-14-. The Bertz CT molecular complexity index is 944. The van der Waals surface area contributed by atoms with Gasteiger partial charge in [0, 0.05) is 6.42 Å². The number of nitrogens with zero attached hydrogens (tertiary/aromatic N) is 3. The largest absolute Gasteiger partial charge is 0.493 e. The predicted molar refractivity (Wildman–Crippen MR) is 111 cm³/mol. The summed E-state index contributed by atoms with van der Waals surface area (Å²) in [7, 11) is 0. The molecule has 6 heteroatoms. The highest BCUT2D eigenvalue weighted by molar-refractivity contribution is 7.71. The molecular formula is C21H24N4OS. The summed E-state index contributed by atoms with van der Waals surface area (Å²) in [6.07, 6.45) is 3.42. The normalized spacial score (nSPS) is 11.4. The Morgan fingerprint density at radius 2 is 1.96 bits per heavy atom. The van der Waals surface area contributed by atoms with Gasteiger partial charge in [-0.25, -0.2) is 0 Å². The molecule has 0 fully saturated rings. The predicted octanol–water partition coefficient (Wildman–Crippen LogP) is 4.64. The zero-order chi connectivity index (χ0) is 19.1. The van der Waals surface area contributed by atoms with Crippen LogP contribution in [-0.4, -0.2) is 27.7 Å². The van der Waals surface area contributed by atoms with Gasteiger partial charge in [0.2, 0.25) is 4.77 Å². The van der Waals surface area contributed by atoms with E-state index >= 15 is 0 Å². The average Bonchev–Trinajstić information content (AvgIpc) is 3.04. The number of benzene rings is 2. The number of nitrogens with one attached hydrogen (secondary N) is 1. The molecule has 5 nitrogen and oxygen atoms in total. The minimum absolute atomic E-state index is 0.485. The molecule has 3 aromatic rings. The Balaban J connectivity index is 1.71. The summed E-state index contributed by atoms with van der Waals surface area (Å²) >= 11 is 5.32. The monoisotopic (exact) mass is 380 g/mol. The molecule has 0 amide bonds. The number of rotatable bonds is 8. The van der Waals surface area contributed by atoms with Crippen molar-refractivity contribution in [3.63, 3.8) is 0 Å². The van der Waals surface area contributed by atoms with Gasteiger partial charge in [-0.1, -0.05) is 56.3 Å². The van der Waals surface area contributed by atoms with Gasteiger partial charge >= 0.3 is 0 Å². The maximum atomic E-state index is 5.77. The lowest BCUT2D eigenvalue weighted by Gasteiger charge is -2.08. The van der Waals surface area contributed by atoms with Gasteiger partial charge in [-0.2, -0.15) is 14.9 Å². The average molecular weight is 381 g/mol. The zero-order valence-corrected chi connectivity index (χ0v) is 16.4. The van der Waals surface area contributed by atoms with E-state index in [4.69, 9.17) is 17.0 Å². The first-order valence-electron chi connectivity index (χ1n) is 9.09. The molecule has 0 saturated heterocycles. The molecule has 0 unspecified atom stereocenters. The van der Waals surface area contributed by atoms with Crippen molar-refractivity contribution in [2.45, 2.75) is 26.7 Å². The first kappa shape index (κ1) is 19.0. The molecule has 0 atom stereocenters. The van der Waals surface area contributed by atoms with Crippen LogP contribution in [0.1, 0.15) is 30.8 Å². The molecule has 0 bridgehead atoms. The number of hydrogen-bond acceptors (Lipinski definition) is 4. The Kier molecular flexibility index (Phi) is 6.54. The van der Waals surface area contributed by atoms with Crippen LogP contribution >= 0.6 is 12.2 Å². The van der Waals surface area contributed by atoms with Crippen LogP contribution in [0.15, 0.2) is 59.7 Å². The summed E-state index contributed by atoms with van der Waals surface area (Å²) in [6, 6.07) is 18.2. The Morgan fingerprint density at radius 1 is 1.15 bits per heavy atom. The van der Waals surface area contributed by atoms with Gasteiger partial charge in [-0.05, 0) is 47.8 Å². The van der Waals surface area contributed by atoms with E-state index in [2.05, 4.69) is 41.3 Å². The van der Waals surface area contributed by atoms with Crippen LogP contribution in [0.5, 0.6) is 5.75 Å². The highest BCUT2D eigenvalue weighted by Crippen LogP contribution is 2.13. The van der Waals surface area contributed by atoms with Gasteiger partial charge in [0.25, 0.3) is 0 Å². The lowest BCUT2D eigenvalue weighted by molar-refractivity contribution is 0.271. The first-order chi connectivity index (χ1) is 13.1. The molecular weight excluding hydrogens is 356 g/mol. The van der Waals surface area contributed by atoms with Crippen molar-refractivity contribution >= 4 is 18.4 Å². The number of ether oxygens (including phenoxy) is 1. The molecule has 0 aliphatic carbocycles. The number of aromatic nitrogens is 3. The van der Waals surface area contributed by atoms with Crippen LogP contribution < -0.4 is 4.74 Å². The van der Waals surface area contributed by atoms with Gasteiger partial charge in [0.15, 0.2) is 5.82 Å². The summed E-state index contributed by atoms with van der Waals surface area (Å²) in [5.41, 5.74) is 2.21. The van der Waals surface area contributed by atoms with Crippen molar-refractivity contribution < 1.29 is 4.74 Å². The van der Waals surface area contributed by atoms with Crippen LogP contribution in [0, 0.1) is 10.7 Å². The van der Waals surface area contributed by atoms with Crippen LogP contribution in [0.25, 0.3) is 0 Å². The Hall–Kier alpha value is -2.73. The SMILES string of the molecule is CC(C)COc1cccc(/C=N\n2c(CCc3ccccc3)n[nH]c2=S)c1. The van der Waals surface area contributed by atoms with E-state index in [0.717, 1.165) is 30.0 Å². The molecule has 0 radical (unpaired) electrons. The summed E-state index contributed by atoms with van der Waals surface area (Å²) in [6.45, 7) is 4.95. The Morgan fingerprint density at radius 3 is 2.74 bits per heavy atom. The third-order valence-corrected chi connectivity index (χ3v) is 4.23. The number of hydrogen-bond donors (Lipinski definition) is 1. The molecule has 0 spiro atoms. The number of H-pyrrole nitrogens is 1. The number of aromatic amines is 1. The first-order valence-corrected chi connectivity index (χ1v) is 9.50. The van der Waals surface area contributed by atoms with Crippen molar-refractivity contribution in [2.75, 3.05) is 6.61 Å². The second kappa shape index (κ2) is 9.28. The second-order valence-electron chi connectivity index (χ2n) is 6.76. The quantitative estimate of drug-likeness (QED) is 0.457. The smallest absolute Gasteiger partial charge is 0.216 e. The van der Waals surface area contributed by atoms with Crippen LogP contribution in [-0.2, 0) is 12.8 Å². The molecule has 2 aromatic carbocycles. The summed E-state index contributed by atoms with van der Waals surface area (Å²) < 4.78 is 7.94. The van der Waals surface area contributed by atoms with Crippen molar-refractivity contribution in [2.24, 2.45) is 11.0 Å². The van der Waals surface area contributed by atoms with E-state index < -0.39 is 0 Å². The molecule has 1 heterocycles. The van der Waals surface area contributed by atoms with Gasteiger partial charge in [-0.3, -0.25) is 5.10 Å². The molecule has 27 heavy (non-hydrogen) atoms. The fraction of sp³-hybridized carbons (Fsp3) is 0.286. The Labute approximate surface area is 164 Å². The van der Waals surface area contributed by atoms with E-state index in [1.54, 1.807) is 10.9 Å². The van der Waals surface area contributed by atoms with Gasteiger partial charge in [0.05, 0.1) is 12.8 Å². The van der Waals surface area contributed by atoms with Crippen LogP contribution in [0.4, 0.5) is 0 Å². The van der Waals surface area contributed by atoms with Crippen molar-refractivity contribution in [3.8, 4) is 5.75 Å². The van der Waals surface area contributed by atoms with Crippen LogP contribution in [0.3, 0.4) is 0 Å². The van der Waals surface area contributed by atoms with Gasteiger partial charge in [0.1, 0.15) is 5.75 Å². The molecule has 0 aliphatic heterocycles. The van der Waals surface area contributed by atoms with Crippen molar-refractivity contribution in [1.82, 2.24) is 14.9 Å². The van der Waals surface area contributed by atoms with Crippen molar-refractivity contribution in [3.05, 3.63) is 76.3 Å². The van der Waals surface area contributed by atoms with E-state index in [1.807, 2.05) is 42.5 Å². The lowest BCUT2D eigenvalue weighted by atomic mass is 10.1. The van der Waals surface area contributed by atoms with Crippen LogP contribution in [0.2, 0.25) is 0 Å². The maximum Gasteiger partial charge on any atom is 0.216 e. The summed E-state index contributed by atoms with van der Waals surface area (Å²) in [5.74, 6) is 2.14. The fourth-order valence-electron chi connectivity index (χ4n) is 2.58. The zero-order valence-electron chi connectivity index (χ0n) is 15.6. The minimum Gasteiger partial charge on any atom is -0.493 e. The molecule has 140 valence electrons. The molecule has 0 aliphatic rings. The summed E-state index contributed by atoms with van der Waals surface area (Å²) in [5, 5.41) is 11.7. The maximum absolute atomic E-state index is 5.77. The third kappa shape index (κ3) is 5.62. The van der Waals surface area contributed by atoms with E-state index in [1.165, 1.54) is 5.56 Å². The highest BCUT2D eigenvalue weighted by atomic mass is 32.1.